The van der Waals surface area contributed by atoms with Crippen molar-refractivity contribution in [3.05, 3.63) is 74.6 Å². The second-order valence-corrected chi connectivity index (χ2v) is 8.15. The minimum absolute atomic E-state index is 0.149. The fraction of sp³-hybridized carbons (Fsp3) is 0.273. The smallest absolute Gasteiger partial charge is 0.336 e. The van der Waals surface area contributed by atoms with Gasteiger partial charge in [-0.2, -0.15) is 0 Å². The lowest BCUT2D eigenvalue weighted by molar-refractivity contribution is 0.253. The van der Waals surface area contributed by atoms with Gasteiger partial charge >= 0.3 is 5.63 Å². The van der Waals surface area contributed by atoms with Crippen molar-refractivity contribution in [2.24, 2.45) is 0 Å². The van der Waals surface area contributed by atoms with E-state index in [0.717, 1.165) is 32.6 Å². The molecule has 0 radical (unpaired) electrons. The summed E-state index contributed by atoms with van der Waals surface area (Å²) in [5.74, 6) is 0. The molecule has 4 rings (SSSR count). The van der Waals surface area contributed by atoms with Crippen LogP contribution in [0, 0.1) is 13.8 Å². The number of hydrogen-bond acceptors (Lipinski definition) is 5. The number of rotatable bonds is 4. The van der Waals surface area contributed by atoms with E-state index in [1.54, 1.807) is 17.4 Å². The molecule has 0 spiro atoms. The molecular formula is C22H22N2O2S. The molecule has 0 fully saturated rings. The summed E-state index contributed by atoms with van der Waals surface area (Å²) in [4.78, 5) is 19.1. The van der Waals surface area contributed by atoms with Crippen molar-refractivity contribution in [1.82, 2.24) is 9.88 Å². The van der Waals surface area contributed by atoms with Gasteiger partial charge in [-0.25, -0.2) is 9.78 Å². The van der Waals surface area contributed by atoms with Crippen LogP contribution in [0.15, 0.2) is 51.7 Å². The van der Waals surface area contributed by atoms with Gasteiger partial charge in [0.05, 0.1) is 16.3 Å². The van der Waals surface area contributed by atoms with E-state index >= 15 is 0 Å². The van der Waals surface area contributed by atoms with Crippen molar-refractivity contribution >= 4 is 32.5 Å². The number of fused-ring (bicyclic) bond motifs is 2. The maximum absolute atomic E-state index is 12.1. The lowest BCUT2D eigenvalue weighted by atomic mass is 10.0. The standard InChI is InChI=1S/C22H22N2O2S/c1-13-9-10-17-16(11-20(25)26-21(17)14(13)2)12-24(4)15(3)22-23-18-7-5-6-8-19(18)27-22/h5-11,15H,12H2,1-4H3/t15-/m1/s1. The predicted octanol–water partition coefficient (Wildman–Crippen LogP) is 5.21. The summed E-state index contributed by atoms with van der Waals surface area (Å²) in [6.07, 6.45) is 0. The first-order valence-corrected chi connectivity index (χ1v) is 9.84. The van der Waals surface area contributed by atoms with Gasteiger partial charge in [-0.15, -0.1) is 11.3 Å². The van der Waals surface area contributed by atoms with E-state index in [0.29, 0.717) is 12.1 Å². The van der Waals surface area contributed by atoms with Crippen LogP contribution in [-0.2, 0) is 6.54 Å². The maximum Gasteiger partial charge on any atom is 0.336 e. The minimum Gasteiger partial charge on any atom is -0.422 e. The fourth-order valence-electron chi connectivity index (χ4n) is 3.32. The molecule has 0 aliphatic heterocycles. The zero-order chi connectivity index (χ0) is 19.1. The van der Waals surface area contributed by atoms with Crippen molar-refractivity contribution in [2.45, 2.75) is 33.4 Å². The van der Waals surface area contributed by atoms with Crippen LogP contribution in [0.4, 0.5) is 0 Å². The van der Waals surface area contributed by atoms with Crippen LogP contribution in [-0.4, -0.2) is 16.9 Å². The lowest BCUT2D eigenvalue weighted by Gasteiger charge is -2.23. The third-order valence-electron chi connectivity index (χ3n) is 5.27. The quantitative estimate of drug-likeness (QED) is 0.457. The zero-order valence-corrected chi connectivity index (χ0v) is 16.8. The Balaban J connectivity index is 1.69. The monoisotopic (exact) mass is 378 g/mol. The third-order valence-corrected chi connectivity index (χ3v) is 6.47. The Morgan fingerprint density at radius 2 is 1.96 bits per heavy atom. The first kappa shape index (κ1) is 17.9. The summed E-state index contributed by atoms with van der Waals surface area (Å²) in [5.41, 5.74) is 4.56. The van der Waals surface area contributed by atoms with Crippen LogP contribution in [0.1, 0.15) is 34.7 Å². The summed E-state index contributed by atoms with van der Waals surface area (Å²) >= 11 is 1.72. The van der Waals surface area contributed by atoms with Crippen LogP contribution in [0.3, 0.4) is 0 Å². The molecule has 4 nitrogen and oxygen atoms in total. The van der Waals surface area contributed by atoms with Gasteiger partial charge < -0.3 is 4.42 Å². The molecule has 1 atom stereocenters. The minimum atomic E-state index is -0.299. The van der Waals surface area contributed by atoms with Crippen LogP contribution < -0.4 is 5.63 Å². The Morgan fingerprint density at radius 1 is 1.19 bits per heavy atom. The molecule has 27 heavy (non-hydrogen) atoms. The molecule has 138 valence electrons. The average Bonchev–Trinajstić information content (AvgIpc) is 3.08. The highest BCUT2D eigenvalue weighted by Gasteiger charge is 2.18. The van der Waals surface area contributed by atoms with Crippen molar-refractivity contribution in [3.8, 4) is 0 Å². The van der Waals surface area contributed by atoms with Gasteiger partial charge in [0.2, 0.25) is 0 Å². The second-order valence-electron chi connectivity index (χ2n) is 7.09. The van der Waals surface area contributed by atoms with E-state index in [9.17, 15) is 4.79 Å². The number of hydrogen-bond donors (Lipinski definition) is 0. The number of aromatic nitrogens is 1. The van der Waals surface area contributed by atoms with Gasteiger partial charge in [0, 0.05) is 18.0 Å². The molecule has 0 amide bonds. The Hall–Kier alpha value is -2.50. The number of para-hydroxylation sites is 1. The molecule has 5 heteroatoms. The predicted molar refractivity (Wildman–Crippen MR) is 111 cm³/mol. The molecule has 0 N–H and O–H groups in total. The molecule has 0 saturated heterocycles. The van der Waals surface area contributed by atoms with Gasteiger partial charge in [-0.05, 0) is 56.6 Å². The molecule has 0 bridgehead atoms. The molecule has 2 aromatic carbocycles. The molecule has 4 aromatic rings. The largest absolute Gasteiger partial charge is 0.422 e. The Kier molecular flexibility index (Phi) is 4.58. The fourth-order valence-corrected chi connectivity index (χ4v) is 4.40. The van der Waals surface area contributed by atoms with Gasteiger partial charge in [-0.1, -0.05) is 24.3 Å². The van der Waals surface area contributed by atoms with E-state index in [1.807, 2.05) is 38.1 Å². The summed E-state index contributed by atoms with van der Waals surface area (Å²) in [6, 6.07) is 14.1. The Bertz CT molecular complexity index is 1160. The molecule has 0 aliphatic rings. The van der Waals surface area contributed by atoms with Crippen LogP contribution in [0.2, 0.25) is 0 Å². The average molecular weight is 378 g/mol. The summed E-state index contributed by atoms with van der Waals surface area (Å²) in [5, 5.41) is 2.08. The van der Waals surface area contributed by atoms with Crippen LogP contribution >= 0.6 is 11.3 Å². The molecular weight excluding hydrogens is 356 g/mol. The maximum atomic E-state index is 12.1. The van der Waals surface area contributed by atoms with E-state index in [1.165, 1.54) is 4.70 Å². The number of aryl methyl sites for hydroxylation is 2. The topological polar surface area (TPSA) is 46.3 Å². The highest BCUT2D eigenvalue weighted by molar-refractivity contribution is 7.18. The summed E-state index contributed by atoms with van der Waals surface area (Å²) in [6.45, 7) is 6.84. The van der Waals surface area contributed by atoms with Gasteiger partial charge in [0.1, 0.15) is 10.6 Å². The number of benzene rings is 2. The highest BCUT2D eigenvalue weighted by atomic mass is 32.1. The van der Waals surface area contributed by atoms with E-state index in [-0.39, 0.29) is 11.7 Å². The summed E-state index contributed by atoms with van der Waals surface area (Å²) in [7, 11) is 2.07. The Labute approximate surface area is 162 Å². The Morgan fingerprint density at radius 3 is 2.74 bits per heavy atom. The molecule has 0 saturated carbocycles. The van der Waals surface area contributed by atoms with Gasteiger partial charge in [0.15, 0.2) is 0 Å². The van der Waals surface area contributed by atoms with Gasteiger partial charge in [-0.3, -0.25) is 4.90 Å². The number of thiazole rings is 1. The van der Waals surface area contributed by atoms with Crippen molar-refractivity contribution in [1.29, 1.82) is 0 Å². The van der Waals surface area contributed by atoms with Crippen LogP contribution in [0.5, 0.6) is 0 Å². The first-order chi connectivity index (χ1) is 12.9. The molecule has 0 unspecified atom stereocenters. The van der Waals surface area contributed by atoms with Crippen molar-refractivity contribution in [2.75, 3.05) is 7.05 Å². The number of nitrogens with zero attached hydrogens (tertiary/aromatic N) is 2. The van der Waals surface area contributed by atoms with E-state index < -0.39 is 0 Å². The third kappa shape index (κ3) is 3.29. The molecule has 0 aliphatic carbocycles. The van der Waals surface area contributed by atoms with Gasteiger partial charge in [0.25, 0.3) is 0 Å². The highest BCUT2D eigenvalue weighted by Crippen LogP contribution is 2.30. The SMILES string of the molecule is Cc1ccc2c(CN(C)[C@H](C)c3nc4ccccc4s3)cc(=O)oc2c1C. The normalized spacial score (nSPS) is 12.9. The second kappa shape index (κ2) is 6.91. The van der Waals surface area contributed by atoms with Crippen molar-refractivity contribution in [3.63, 3.8) is 0 Å². The molecule has 2 heterocycles. The van der Waals surface area contributed by atoms with E-state index in [4.69, 9.17) is 9.40 Å². The lowest BCUT2D eigenvalue weighted by Crippen LogP contribution is -2.22. The first-order valence-electron chi connectivity index (χ1n) is 9.02. The molecule has 2 aromatic heterocycles. The van der Waals surface area contributed by atoms with Crippen molar-refractivity contribution < 1.29 is 4.42 Å². The van der Waals surface area contributed by atoms with E-state index in [2.05, 4.69) is 31.0 Å². The zero-order valence-electron chi connectivity index (χ0n) is 15.9. The summed E-state index contributed by atoms with van der Waals surface area (Å²) < 4.78 is 6.69. The van der Waals surface area contributed by atoms with Crippen LogP contribution in [0.25, 0.3) is 21.2 Å².